The predicted octanol–water partition coefficient (Wildman–Crippen LogP) is 3.94. The third-order valence-corrected chi connectivity index (χ3v) is 3.75. The molecular weight excluding hydrogens is 302 g/mol. The van der Waals surface area contributed by atoms with Crippen molar-refractivity contribution in [1.82, 2.24) is 5.32 Å². The van der Waals surface area contributed by atoms with Crippen molar-refractivity contribution < 1.29 is 4.79 Å². The number of halogens is 1. The molecule has 98 valence electrons. The van der Waals surface area contributed by atoms with Crippen molar-refractivity contribution >= 4 is 21.8 Å². The van der Waals surface area contributed by atoms with Gasteiger partial charge in [-0.05, 0) is 45.6 Å². The predicted molar refractivity (Wildman–Crippen MR) is 81.1 cm³/mol. The maximum atomic E-state index is 12.1. The van der Waals surface area contributed by atoms with Crippen LogP contribution in [-0.4, -0.2) is 5.91 Å². The third-order valence-electron chi connectivity index (χ3n) is 3.06. The monoisotopic (exact) mass is 317 g/mol. The van der Waals surface area contributed by atoms with Crippen molar-refractivity contribution in [3.05, 3.63) is 69.7 Å². The highest BCUT2D eigenvalue weighted by Gasteiger charge is 2.09. The summed E-state index contributed by atoms with van der Waals surface area (Å²) in [5.41, 5.74) is 3.11. The van der Waals surface area contributed by atoms with Crippen LogP contribution in [0.1, 0.15) is 28.4 Å². The average molecular weight is 318 g/mol. The minimum Gasteiger partial charge on any atom is -0.348 e. The van der Waals surface area contributed by atoms with E-state index in [9.17, 15) is 4.79 Å². The van der Waals surface area contributed by atoms with Gasteiger partial charge in [0.15, 0.2) is 0 Å². The van der Waals surface area contributed by atoms with Gasteiger partial charge in [-0.3, -0.25) is 4.79 Å². The molecule has 0 aliphatic heterocycles. The van der Waals surface area contributed by atoms with Crippen LogP contribution in [0.2, 0.25) is 0 Å². The van der Waals surface area contributed by atoms with Crippen LogP contribution in [0.25, 0.3) is 0 Å². The molecule has 0 aliphatic rings. The molecule has 0 aromatic heterocycles. The smallest absolute Gasteiger partial charge is 0.252 e. The largest absolute Gasteiger partial charge is 0.348 e. The zero-order valence-corrected chi connectivity index (χ0v) is 12.4. The topological polar surface area (TPSA) is 29.1 Å². The highest BCUT2D eigenvalue weighted by Crippen LogP contribution is 2.16. The first kappa shape index (κ1) is 13.8. The fourth-order valence-corrected chi connectivity index (χ4v) is 2.46. The summed E-state index contributed by atoms with van der Waals surface area (Å²) in [6.45, 7) is 2.68. The maximum absolute atomic E-state index is 12.1. The molecule has 0 atom stereocenters. The van der Waals surface area contributed by atoms with Gasteiger partial charge < -0.3 is 5.32 Å². The minimum atomic E-state index is -0.0571. The number of nitrogens with one attached hydrogen (secondary N) is 1. The minimum absolute atomic E-state index is 0.0571. The van der Waals surface area contributed by atoms with Crippen molar-refractivity contribution in [3.8, 4) is 0 Å². The van der Waals surface area contributed by atoms with E-state index in [2.05, 4.69) is 40.3 Å². The quantitative estimate of drug-likeness (QED) is 0.909. The van der Waals surface area contributed by atoms with E-state index in [1.165, 1.54) is 11.1 Å². The summed E-state index contributed by atoms with van der Waals surface area (Å²) in [5, 5.41) is 2.96. The van der Waals surface area contributed by atoms with Gasteiger partial charge in [0.25, 0.3) is 5.91 Å². The van der Waals surface area contributed by atoms with Crippen molar-refractivity contribution in [2.24, 2.45) is 0 Å². The highest BCUT2D eigenvalue weighted by atomic mass is 79.9. The molecule has 2 aromatic rings. The zero-order chi connectivity index (χ0) is 13.7. The molecule has 0 radical (unpaired) electrons. The summed E-state index contributed by atoms with van der Waals surface area (Å²) in [4.78, 5) is 12.1. The first-order chi connectivity index (χ1) is 9.22. The molecule has 0 fully saturated rings. The fraction of sp³-hybridized carbons (Fsp3) is 0.188. The molecule has 0 heterocycles. The molecule has 3 heteroatoms. The molecule has 0 aliphatic carbocycles. The van der Waals surface area contributed by atoms with E-state index in [1.54, 1.807) is 0 Å². The Hall–Kier alpha value is -1.61. The number of carbonyl (C=O) groups is 1. The van der Waals surface area contributed by atoms with Gasteiger partial charge in [-0.1, -0.05) is 43.3 Å². The molecule has 2 nitrogen and oxygen atoms in total. The lowest BCUT2D eigenvalue weighted by atomic mass is 10.1. The molecule has 0 unspecified atom stereocenters. The van der Waals surface area contributed by atoms with E-state index in [-0.39, 0.29) is 5.91 Å². The summed E-state index contributed by atoms with van der Waals surface area (Å²) in [5.74, 6) is -0.0571. The highest BCUT2D eigenvalue weighted by molar-refractivity contribution is 9.10. The van der Waals surface area contributed by atoms with Gasteiger partial charge in [-0.15, -0.1) is 0 Å². The SMILES string of the molecule is CCc1ccccc1CNC(=O)c1ccccc1Br. The van der Waals surface area contributed by atoms with E-state index in [1.807, 2.05) is 36.4 Å². The first-order valence-corrected chi connectivity index (χ1v) is 7.11. The van der Waals surface area contributed by atoms with Gasteiger partial charge in [0.05, 0.1) is 5.56 Å². The first-order valence-electron chi connectivity index (χ1n) is 6.32. The van der Waals surface area contributed by atoms with E-state index in [0.717, 1.165) is 10.9 Å². The Morgan fingerprint density at radius 1 is 1.05 bits per heavy atom. The lowest BCUT2D eigenvalue weighted by Gasteiger charge is -2.10. The second kappa shape index (κ2) is 6.53. The number of benzene rings is 2. The van der Waals surface area contributed by atoms with E-state index in [4.69, 9.17) is 0 Å². The number of hydrogen-bond donors (Lipinski definition) is 1. The number of rotatable bonds is 4. The molecule has 1 amide bonds. The van der Waals surface area contributed by atoms with Crippen molar-refractivity contribution in [1.29, 1.82) is 0 Å². The normalized spacial score (nSPS) is 10.2. The maximum Gasteiger partial charge on any atom is 0.252 e. The van der Waals surface area contributed by atoms with Crippen molar-refractivity contribution in [3.63, 3.8) is 0 Å². The van der Waals surface area contributed by atoms with Gasteiger partial charge in [0.1, 0.15) is 0 Å². The Kier molecular flexibility index (Phi) is 4.74. The van der Waals surface area contributed by atoms with Crippen LogP contribution in [0.4, 0.5) is 0 Å². The van der Waals surface area contributed by atoms with Crippen molar-refractivity contribution in [2.75, 3.05) is 0 Å². The molecule has 2 rings (SSSR count). The van der Waals surface area contributed by atoms with Crippen LogP contribution in [0.15, 0.2) is 53.0 Å². The molecule has 1 N–H and O–H groups in total. The summed E-state index contributed by atoms with van der Waals surface area (Å²) < 4.78 is 0.816. The number of carbonyl (C=O) groups excluding carboxylic acids is 1. The lowest BCUT2D eigenvalue weighted by molar-refractivity contribution is 0.0950. The van der Waals surface area contributed by atoms with Crippen LogP contribution in [0.5, 0.6) is 0 Å². The Balaban J connectivity index is 2.07. The summed E-state index contributed by atoms with van der Waals surface area (Å²) in [6, 6.07) is 15.6. The molecule has 0 saturated carbocycles. The second-order valence-electron chi connectivity index (χ2n) is 4.28. The standard InChI is InChI=1S/C16H16BrNO/c1-2-12-7-3-4-8-13(12)11-18-16(19)14-9-5-6-10-15(14)17/h3-10H,2,11H2,1H3,(H,18,19). The average Bonchev–Trinajstić information content (AvgIpc) is 2.45. The summed E-state index contributed by atoms with van der Waals surface area (Å²) >= 11 is 3.39. The zero-order valence-electron chi connectivity index (χ0n) is 10.8. The fourth-order valence-electron chi connectivity index (χ4n) is 1.99. The molecule has 19 heavy (non-hydrogen) atoms. The van der Waals surface area contributed by atoms with Gasteiger partial charge in [-0.25, -0.2) is 0 Å². The molecule has 2 aromatic carbocycles. The van der Waals surface area contributed by atoms with Gasteiger partial charge in [0.2, 0.25) is 0 Å². The Morgan fingerprint density at radius 2 is 1.68 bits per heavy atom. The second-order valence-corrected chi connectivity index (χ2v) is 5.14. The molecule has 0 saturated heterocycles. The Morgan fingerprint density at radius 3 is 2.37 bits per heavy atom. The number of amides is 1. The number of hydrogen-bond acceptors (Lipinski definition) is 1. The Bertz CT molecular complexity index is 580. The van der Waals surface area contributed by atoms with Gasteiger partial charge in [0, 0.05) is 11.0 Å². The van der Waals surface area contributed by atoms with Crippen LogP contribution in [0, 0.1) is 0 Å². The molecule has 0 bridgehead atoms. The van der Waals surface area contributed by atoms with Gasteiger partial charge >= 0.3 is 0 Å². The molecular formula is C16H16BrNO. The lowest BCUT2D eigenvalue weighted by Crippen LogP contribution is -2.23. The van der Waals surface area contributed by atoms with Gasteiger partial charge in [-0.2, -0.15) is 0 Å². The van der Waals surface area contributed by atoms with Crippen LogP contribution in [-0.2, 0) is 13.0 Å². The summed E-state index contributed by atoms with van der Waals surface area (Å²) in [7, 11) is 0. The Labute approximate surface area is 122 Å². The van der Waals surface area contributed by atoms with Crippen LogP contribution in [0.3, 0.4) is 0 Å². The van der Waals surface area contributed by atoms with E-state index < -0.39 is 0 Å². The van der Waals surface area contributed by atoms with Crippen molar-refractivity contribution in [2.45, 2.75) is 19.9 Å². The number of aryl methyl sites for hydroxylation is 1. The van der Waals surface area contributed by atoms with Crippen LogP contribution >= 0.6 is 15.9 Å². The van der Waals surface area contributed by atoms with Crippen LogP contribution < -0.4 is 5.32 Å². The summed E-state index contributed by atoms with van der Waals surface area (Å²) in [6.07, 6.45) is 0.973. The van der Waals surface area contributed by atoms with E-state index in [0.29, 0.717) is 12.1 Å². The molecule has 0 spiro atoms. The van der Waals surface area contributed by atoms with E-state index >= 15 is 0 Å². The third kappa shape index (κ3) is 3.44.